The molecule has 0 unspecified atom stereocenters. The maximum atomic E-state index is 14.6. The van der Waals surface area contributed by atoms with E-state index in [0.29, 0.717) is 27.6 Å². The van der Waals surface area contributed by atoms with Crippen LogP contribution >= 0.6 is 11.6 Å². The number of pyridine rings is 1. The SMILES string of the molecule is O=c1[nH]ccc2c3[nH]c(-c4c(F)cccc4Cl)nc3c3ccc(-c4cn[nH]c4)cc3c12. The number of aromatic nitrogens is 5. The fourth-order valence-electron chi connectivity index (χ4n) is 4.11. The number of nitrogens with zero attached hydrogens (tertiary/aromatic N) is 2. The number of nitrogens with one attached hydrogen (secondary N) is 3. The molecule has 3 aromatic heterocycles. The predicted molar refractivity (Wildman–Crippen MR) is 120 cm³/mol. The number of hydrogen-bond acceptors (Lipinski definition) is 3. The van der Waals surface area contributed by atoms with Gasteiger partial charge < -0.3 is 9.97 Å². The molecule has 0 saturated carbocycles. The van der Waals surface area contributed by atoms with Gasteiger partial charge >= 0.3 is 0 Å². The van der Waals surface area contributed by atoms with E-state index in [4.69, 9.17) is 16.6 Å². The molecule has 0 aliphatic heterocycles. The van der Waals surface area contributed by atoms with Crippen LogP contribution < -0.4 is 5.56 Å². The lowest BCUT2D eigenvalue weighted by molar-refractivity contribution is 0.630. The molecule has 3 aromatic carbocycles. The summed E-state index contributed by atoms with van der Waals surface area (Å²) in [5.74, 6) is -0.161. The van der Waals surface area contributed by atoms with Gasteiger partial charge in [-0.1, -0.05) is 29.8 Å². The topological polar surface area (TPSA) is 90.2 Å². The van der Waals surface area contributed by atoms with Crippen molar-refractivity contribution in [2.75, 3.05) is 0 Å². The van der Waals surface area contributed by atoms with Gasteiger partial charge in [-0.15, -0.1) is 0 Å². The molecule has 6 nitrogen and oxygen atoms in total. The Morgan fingerprint density at radius 2 is 1.90 bits per heavy atom. The first-order valence-electron chi connectivity index (χ1n) is 9.52. The van der Waals surface area contributed by atoms with Crippen molar-refractivity contribution >= 4 is 44.2 Å². The van der Waals surface area contributed by atoms with Gasteiger partial charge in [0.1, 0.15) is 11.6 Å². The summed E-state index contributed by atoms with van der Waals surface area (Å²) < 4.78 is 14.6. The Kier molecular flexibility index (Phi) is 3.75. The molecule has 0 fully saturated rings. The van der Waals surface area contributed by atoms with Crippen molar-refractivity contribution in [2.24, 2.45) is 0 Å². The summed E-state index contributed by atoms with van der Waals surface area (Å²) in [6.45, 7) is 0. The van der Waals surface area contributed by atoms with E-state index in [9.17, 15) is 9.18 Å². The van der Waals surface area contributed by atoms with Gasteiger partial charge in [0.05, 0.1) is 33.2 Å². The van der Waals surface area contributed by atoms with Crippen LogP contribution in [0.2, 0.25) is 5.02 Å². The van der Waals surface area contributed by atoms with Crippen molar-refractivity contribution in [3.8, 4) is 22.5 Å². The second-order valence-electron chi connectivity index (χ2n) is 7.25. The van der Waals surface area contributed by atoms with Gasteiger partial charge in [-0.2, -0.15) is 5.10 Å². The van der Waals surface area contributed by atoms with Gasteiger partial charge in [0, 0.05) is 28.7 Å². The van der Waals surface area contributed by atoms with Crippen LogP contribution in [0.15, 0.2) is 65.8 Å². The van der Waals surface area contributed by atoms with E-state index in [1.807, 2.05) is 24.3 Å². The highest BCUT2D eigenvalue weighted by Gasteiger charge is 2.19. The maximum absolute atomic E-state index is 14.6. The Hall–Kier alpha value is -3.97. The van der Waals surface area contributed by atoms with Crippen LogP contribution in [0.1, 0.15) is 0 Å². The van der Waals surface area contributed by atoms with E-state index in [1.165, 1.54) is 6.07 Å². The molecule has 0 amide bonds. The van der Waals surface area contributed by atoms with Crippen LogP contribution in [-0.4, -0.2) is 25.1 Å². The first-order chi connectivity index (χ1) is 15.1. The second-order valence-corrected chi connectivity index (χ2v) is 7.66. The third-order valence-corrected chi connectivity index (χ3v) is 5.82. The molecule has 31 heavy (non-hydrogen) atoms. The fourth-order valence-corrected chi connectivity index (χ4v) is 4.36. The molecule has 0 atom stereocenters. The zero-order chi connectivity index (χ0) is 21.1. The minimum atomic E-state index is -0.472. The standard InChI is InChI=1S/C23H13ClFN5O/c24-16-2-1-3-17(25)19(16)22-29-20-13-5-4-11(12-9-27-28-10-12)8-15(13)18-14(21(20)30-22)6-7-26-23(18)31/h1-10H,(H,26,31)(H,27,28)(H,29,30). The van der Waals surface area contributed by atoms with E-state index in [2.05, 4.69) is 20.2 Å². The van der Waals surface area contributed by atoms with Crippen LogP contribution in [0.25, 0.3) is 55.1 Å². The summed E-state index contributed by atoms with van der Waals surface area (Å²) >= 11 is 6.27. The molecule has 0 spiro atoms. The first-order valence-corrected chi connectivity index (χ1v) is 9.90. The number of H-pyrrole nitrogens is 3. The number of imidazole rings is 1. The van der Waals surface area contributed by atoms with Crippen LogP contribution in [-0.2, 0) is 0 Å². The van der Waals surface area contributed by atoms with Crippen molar-refractivity contribution in [1.82, 2.24) is 25.1 Å². The molecule has 150 valence electrons. The minimum Gasteiger partial charge on any atom is -0.337 e. The number of rotatable bonds is 2. The average molecular weight is 430 g/mol. The van der Waals surface area contributed by atoms with Crippen LogP contribution in [0, 0.1) is 5.82 Å². The number of aromatic amines is 3. The molecule has 0 saturated heterocycles. The lowest BCUT2D eigenvalue weighted by atomic mass is 9.98. The van der Waals surface area contributed by atoms with Crippen molar-refractivity contribution in [3.63, 3.8) is 0 Å². The largest absolute Gasteiger partial charge is 0.337 e. The summed E-state index contributed by atoms with van der Waals surface area (Å²) in [7, 11) is 0. The van der Waals surface area contributed by atoms with E-state index >= 15 is 0 Å². The maximum Gasteiger partial charge on any atom is 0.256 e. The number of benzene rings is 3. The zero-order valence-electron chi connectivity index (χ0n) is 15.8. The Morgan fingerprint density at radius 3 is 2.71 bits per heavy atom. The van der Waals surface area contributed by atoms with E-state index < -0.39 is 5.82 Å². The molecule has 0 radical (unpaired) electrons. The van der Waals surface area contributed by atoms with Gasteiger partial charge in [-0.05, 0) is 35.2 Å². The number of fused-ring (bicyclic) bond motifs is 6. The molecule has 6 rings (SSSR count). The average Bonchev–Trinajstić information content (AvgIpc) is 3.44. The highest BCUT2D eigenvalue weighted by molar-refractivity contribution is 6.33. The van der Waals surface area contributed by atoms with E-state index in [-0.39, 0.29) is 16.1 Å². The van der Waals surface area contributed by atoms with Crippen LogP contribution in [0.5, 0.6) is 0 Å². The minimum absolute atomic E-state index is 0.196. The molecular weight excluding hydrogens is 417 g/mol. The van der Waals surface area contributed by atoms with Gasteiger partial charge in [-0.25, -0.2) is 9.37 Å². The summed E-state index contributed by atoms with van der Waals surface area (Å²) in [6, 6.07) is 12.1. The first kappa shape index (κ1) is 17.9. The third-order valence-electron chi connectivity index (χ3n) is 5.51. The monoisotopic (exact) mass is 429 g/mol. The Bertz CT molecular complexity index is 1660. The molecule has 3 N–H and O–H groups in total. The van der Waals surface area contributed by atoms with Gasteiger partial charge in [0.2, 0.25) is 0 Å². The smallest absolute Gasteiger partial charge is 0.256 e. The molecule has 8 heteroatoms. The summed E-state index contributed by atoms with van der Waals surface area (Å²) in [6.07, 6.45) is 5.10. The molecule has 6 aromatic rings. The van der Waals surface area contributed by atoms with Crippen molar-refractivity contribution in [2.45, 2.75) is 0 Å². The van der Waals surface area contributed by atoms with Crippen molar-refractivity contribution in [1.29, 1.82) is 0 Å². The molecule has 0 aliphatic rings. The molecule has 0 bridgehead atoms. The Morgan fingerprint density at radius 1 is 1.00 bits per heavy atom. The van der Waals surface area contributed by atoms with E-state index in [0.717, 1.165) is 21.9 Å². The fraction of sp³-hybridized carbons (Fsp3) is 0. The van der Waals surface area contributed by atoms with Gasteiger partial charge in [-0.3, -0.25) is 9.89 Å². The zero-order valence-corrected chi connectivity index (χ0v) is 16.6. The number of hydrogen-bond donors (Lipinski definition) is 3. The Labute approximate surface area is 178 Å². The highest BCUT2D eigenvalue weighted by Crippen LogP contribution is 2.37. The summed E-state index contributed by atoms with van der Waals surface area (Å²) in [5.41, 5.74) is 3.09. The van der Waals surface area contributed by atoms with Crippen molar-refractivity contribution < 1.29 is 4.39 Å². The van der Waals surface area contributed by atoms with Crippen LogP contribution in [0.4, 0.5) is 4.39 Å². The third kappa shape index (κ3) is 2.60. The highest BCUT2D eigenvalue weighted by atomic mass is 35.5. The second kappa shape index (κ2) is 6.52. The van der Waals surface area contributed by atoms with Gasteiger partial charge in [0.15, 0.2) is 0 Å². The number of halogens is 2. The lowest BCUT2D eigenvalue weighted by Crippen LogP contribution is -2.05. The van der Waals surface area contributed by atoms with E-state index in [1.54, 1.807) is 30.7 Å². The molecule has 3 heterocycles. The van der Waals surface area contributed by atoms with Crippen LogP contribution in [0.3, 0.4) is 0 Å². The summed E-state index contributed by atoms with van der Waals surface area (Å²) in [4.78, 5) is 23.5. The van der Waals surface area contributed by atoms with Crippen molar-refractivity contribution in [3.05, 3.63) is 82.2 Å². The summed E-state index contributed by atoms with van der Waals surface area (Å²) in [5, 5.41) is 9.82. The quantitative estimate of drug-likeness (QED) is 0.321. The van der Waals surface area contributed by atoms with Gasteiger partial charge in [0.25, 0.3) is 5.56 Å². The predicted octanol–water partition coefficient (Wildman–Crippen LogP) is 5.41. The normalized spacial score (nSPS) is 11.7. The molecule has 0 aliphatic carbocycles. The lowest BCUT2D eigenvalue weighted by Gasteiger charge is -2.07. The molecular formula is C23H13ClFN5O. The Balaban J connectivity index is 1.77.